The van der Waals surface area contributed by atoms with Crippen LogP contribution in [0.15, 0.2) is 42.5 Å². The maximum absolute atomic E-state index is 10.5. The molecule has 2 aromatic carbocycles. The van der Waals surface area contributed by atoms with Gasteiger partial charge >= 0.3 is 0 Å². The average molecular weight is 294 g/mol. The second-order valence-electron chi connectivity index (χ2n) is 5.16. The van der Waals surface area contributed by atoms with Crippen molar-refractivity contribution in [3.63, 3.8) is 0 Å². The van der Waals surface area contributed by atoms with Crippen LogP contribution >= 0.6 is 0 Å². The van der Waals surface area contributed by atoms with Gasteiger partial charge in [0, 0.05) is 13.0 Å². The Morgan fingerprint density at radius 1 is 1.18 bits per heavy atom. The van der Waals surface area contributed by atoms with E-state index in [0.29, 0.717) is 6.47 Å². The quantitative estimate of drug-likeness (QED) is 0.698. The third kappa shape index (κ3) is 2.29. The van der Waals surface area contributed by atoms with Crippen molar-refractivity contribution in [3.8, 4) is 11.5 Å². The van der Waals surface area contributed by atoms with E-state index in [1.54, 1.807) is 12.1 Å². The number of allylic oxidation sites excluding steroid dienone is 1. The molecule has 0 amide bonds. The van der Waals surface area contributed by atoms with Crippen LogP contribution in [0.5, 0.6) is 11.5 Å². The Morgan fingerprint density at radius 2 is 1.95 bits per heavy atom. The first kappa shape index (κ1) is 14.1. The molecule has 0 fully saturated rings. The van der Waals surface area contributed by atoms with Gasteiger partial charge in [-0.15, -0.1) is 0 Å². The minimum absolute atomic E-state index is 0.0566. The normalized spacial score (nSPS) is 15.1. The van der Waals surface area contributed by atoms with Crippen LogP contribution in [-0.2, 0) is 4.79 Å². The van der Waals surface area contributed by atoms with Crippen molar-refractivity contribution in [2.75, 3.05) is 7.05 Å². The summed E-state index contributed by atoms with van der Waals surface area (Å²) in [5.41, 5.74) is 5.44. The number of hydrogen-bond donors (Lipinski definition) is 1. The van der Waals surface area contributed by atoms with Gasteiger partial charge in [0.1, 0.15) is 7.05 Å². The van der Waals surface area contributed by atoms with Crippen LogP contribution in [0.3, 0.4) is 0 Å². The molecule has 0 bridgehead atoms. The molecule has 0 aromatic heterocycles. The number of aromatic hydroxyl groups is 1. The van der Waals surface area contributed by atoms with E-state index in [4.69, 9.17) is 4.74 Å². The molecule has 1 aliphatic rings. The highest BCUT2D eigenvalue weighted by molar-refractivity contribution is 6.28. The number of carbonyl (C=O) groups is 1. The predicted octanol–water partition coefficient (Wildman–Crippen LogP) is 3.22. The van der Waals surface area contributed by atoms with Gasteiger partial charge in [-0.05, 0) is 29.8 Å². The summed E-state index contributed by atoms with van der Waals surface area (Å²) in [6, 6.07) is 13.1. The van der Waals surface area contributed by atoms with Crippen LogP contribution in [0.25, 0.3) is 11.6 Å². The Morgan fingerprint density at radius 3 is 2.73 bits per heavy atom. The van der Waals surface area contributed by atoms with E-state index in [1.807, 2.05) is 25.3 Å². The van der Waals surface area contributed by atoms with Crippen molar-refractivity contribution < 1.29 is 19.2 Å². The van der Waals surface area contributed by atoms with Crippen molar-refractivity contribution >= 4 is 29.5 Å². The van der Waals surface area contributed by atoms with Crippen molar-refractivity contribution in [1.29, 1.82) is 0 Å². The lowest BCUT2D eigenvalue weighted by atomic mass is 10.0. The molecule has 110 valence electrons. The summed E-state index contributed by atoms with van der Waals surface area (Å²) >= 11 is 0. The largest absolute Gasteiger partial charge is 0.504 e. The molecule has 0 unspecified atom stereocenters. The Bertz CT molecular complexity index is 819. The Kier molecular flexibility index (Phi) is 3.51. The molecule has 4 heteroatoms. The third-order valence-electron chi connectivity index (χ3n) is 3.92. The van der Waals surface area contributed by atoms with Gasteiger partial charge < -0.3 is 9.84 Å². The zero-order valence-corrected chi connectivity index (χ0v) is 12.4. The molecular formula is C18H16NO3+. The topological polar surface area (TPSA) is 49.5 Å². The van der Waals surface area contributed by atoms with Crippen LogP contribution in [0.4, 0.5) is 5.69 Å². The summed E-state index contributed by atoms with van der Waals surface area (Å²) in [6.45, 7) is 2.37. The Balaban J connectivity index is 2.10. The van der Waals surface area contributed by atoms with Crippen molar-refractivity contribution in [2.45, 2.75) is 6.92 Å². The molecule has 0 saturated carbocycles. The number of nitrogens with zero attached hydrogens (tertiary/aromatic N) is 1. The highest BCUT2D eigenvalue weighted by Crippen LogP contribution is 2.35. The maximum Gasteiger partial charge on any atom is 0.298 e. The van der Waals surface area contributed by atoms with E-state index in [-0.39, 0.29) is 11.5 Å². The molecular weight excluding hydrogens is 278 g/mol. The van der Waals surface area contributed by atoms with Crippen molar-refractivity contribution in [3.05, 3.63) is 53.6 Å². The summed E-state index contributed by atoms with van der Waals surface area (Å²) < 4.78 is 6.93. The van der Waals surface area contributed by atoms with Crippen molar-refractivity contribution in [1.82, 2.24) is 0 Å². The van der Waals surface area contributed by atoms with Crippen molar-refractivity contribution in [2.24, 2.45) is 0 Å². The van der Waals surface area contributed by atoms with Gasteiger partial charge in [-0.3, -0.25) is 4.79 Å². The third-order valence-corrected chi connectivity index (χ3v) is 3.92. The zero-order chi connectivity index (χ0) is 15.7. The SMILES string of the molecule is CC1=[N+](C)c2ccccc2/C1=C/c1ccc(O)c(OC=O)c1. The molecule has 22 heavy (non-hydrogen) atoms. The lowest BCUT2D eigenvalue weighted by molar-refractivity contribution is -0.401. The summed E-state index contributed by atoms with van der Waals surface area (Å²) in [7, 11) is 2.03. The first-order chi connectivity index (χ1) is 10.6. The van der Waals surface area contributed by atoms with E-state index < -0.39 is 0 Å². The second-order valence-corrected chi connectivity index (χ2v) is 5.16. The van der Waals surface area contributed by atoms with Gasteiger partial charge in [-0.25, -0.2) is 0 Å². The molecule has 2 aromatic rings. The molecule has 0 spiro atoms. The average Bonchev–Trinajstić information content (AvgIpc) is 2.76. The van der Waals surface area contributed by atoms with E-state index in [9.17, 15) is 9.90 Å². The van der Waals surface area contributed by atoms with Gasteiger partial charge in [0.15, 0.2) is 17.2 Å². The fourth-order valence-corrected chi connectivity index (χ4v) is 2.67. The van der Waals surface area contributed by atoms with Crippen LogP contribution in [0, 0.1) is 0 Å². The molecule has 0 saturated heterocycles. The van der Waals surface area contributed by atoms with Gasteiger partial charge in [0.2, 0.25) is 5.69 Å². The highest BCUT2D eigenvalue weighted by Gasteiger charge is 2.28. The van der Waals surface area contributed by atoms with Gasteiger partial charge in [-0.2, -0.15) is 4.58 Å². The highest BCUT2D eigenvalue weighted by atomic mass is 16.5. The number of rotatable bonds is 3. The smallest absolute Gasteiger partial charge is 0.298 e. The lowest BCUT2D eigenvalue weighted by Gasteiger charge is -2.03. The minimum Gasteiger partial charge on any atom is -0.504 e. The van der Waals surface area contributed by atoms with Crippen LogP contribution in [0.2, 0.25) is 0 Å². The van der Waals surface area contributed by atoms with Gasteiger partial charge in [0.25, 0.3) is 6.47 Å². The molecule has 1 heterocycles. The molecule has 0 radical (unpaired) electrons. The number of fused-ring (bicyclic) bond motifs is 1. The fourth-order valence-electron chi connectivity index (χ4n) is 2.67. The Hall–Kier alpha value is -2.88. The Labute approximate surface area is 128 Å². The summed E-state index contributed by atoms with van der Waals surface area (Å²) in [5.74, 6) is 0.0977. The summed E-state index contributed by atoms with van der Waals surface area (Å²) in [4.78, 5) is 10.5. The molecule has 3 rings (SSSR count). The maximum atomic E-state index is 10.5. The lowest BCUT2D eigenvalue weighted by Crippen LogP contribution is -2.02. The molecule has 0 aliphatic carbocycles. The number of benzene rings is 2. The molecule has 0 atom stereocenters. The number of phenols is 1. The standard InChI is InChI=1S/C18H15NO3/c1-12-15(14-5-3-4-6-16(14)19(12)2)9-13-7-8-17(21)18(10-13)22-11-20/h3-11H,1-2H3/p+1. The molecule has 1 N–H and O–H groups in total. The first-order valence-electron chi connectivity index (χ1n) is 6.94. The van der Waals surface area contributed by atoms with Gasteiger partial charge in [0.05, 0.1) is 11.1 Å². The van der Waals surface area contributed by atoms with E-state index in [0.717, 1.165) is 28.1 Å². The summed E-state index contributed by atoms with van der Waals surface area (Å²) in [5, 5.41) is 9.66. The van der Waals surface area contributed by atoms with Crippen LogP contribution in [-0.4, -0.2) is 28.9 Å². The zero-order valence-electron chi connectivity index (χ0n) is 12.4. The number of para-hydroxylation sites is 1. The minimum atomic E-state index is -0.0566. The molecule has 4 nitrogen and oxygen atoms in total. The number of hydrogen-bond acceptors (Lipinski definition) is 3. The summed E-state index contributed by atoms with van der Waals surface area (Å²) in [6.07, 6.45) is 2.02. The van der Waals surface area contributed by atoms with E-state index >= 15 is 0 Å². The second kappa shape index (κ2) is 5.48. The fraction of sp³-hybridized carbons (Fsp3) is 0.111. The number of ether oxygens (including phenoxy) is 1. The van der Waals surface area contributed by atoms with Crippen LogP contribution in [0.1, 0.15) is 18.1 Å². The number of phenolic OH excluding ortho intramolecular Hbond substituents is 1. The number of carbonyl (C=O) groups excluding carboxylic acids is 1. The van der Waals surface area contributed by atoms with E-state index in [1.165, 1.54) is 6.07 Å². The van der Waals surface area contributed by atoms with Crippen LogP contribution < -0.4 is 4.74 Å². The predicted molar refractivity (Wildman–Crippen MR) is 85.6 cm³/mol. The monoisotopic (exact) mass is 294 g/mol. The molecule has 1 aliphatic heterocycles. The first-order valence-corrected chi connectivity index (χ1v) is 6.94. The van der Waals surface area contributed by atoms with E-state index in [2.05, 4.69) is 23.6 Å². The van der Waals surface area contributed by atoms with Gasteiger partial charge in [-0.1, -0.05) is 18.2 Å².